The molecule has 0 spiro atoms. The van der Waals surface area contributed by atoms with Crippen molar-refractivity contribution in [3.05, 3.63) is 30.2 Å². The normalized spacial score (nSPS) is 12.1. The molecule has 8 nitrogen and oxygen atoms in total. The molecule has 2 aromatic rings. The van der Waals surface area contributed by atoms with E-state index in [9.17, 15) is 0 Å². The summed E-state index contributed by atoms with van der Waals surface area (Å²) in [5.74, 6) is 1.79. The molecule has 2 rings (SSSR count). The van der Waals surface area contributed by atoms with Crippen molar-refractivity contribution in [1.29, 1.82) is 0 Å². The van der Waals surface area contributed by atoms with Gasteiger partial charge in [0.1, 0.15) is 5.82 Å². The summed E-state index contributed by atoms with van der Waals surface area (Å²) >= 11 is 0. The quantitative estimate of drug-likeness (QED) is 0.350. The van der Waals surface area contributed by atoms with Crippen LogP contribution in [-0.2, 0) is 11.2 Å². The fraction of sp³-hybridized carbons (Fsp3) is 0.611. The molecule has 0 aliphatic heterocycles. The molecule has 8 heteroatoms. The highest BCUT2D eigenvalue weighted by atomic mass is 16.5. The van der Waals surface area contributed by atoms with Crippen molar-refractivity contribution in [3.63, 3.8) is 0 Å². The van der Waals surface area contributed by atoms with Gasteiger partial charge in [0.2, 0.25) is 0 Å². The summed E-state index contributed by atoms with van der Waals surface area (Å²) in [5, 5.41) is 15.1. The van der Waals surface area contributed by atoms with E-state index >= 15 is 0 Å². The van der Waals surface area contributed by atoms with E-state index < -0.39 is 0 Å². The molecule has 2 heterocycles. The van der Waals surface area contributed by atoms with Crippen molar-refractivity contribution in [3.8, 4) is 0 Å². The molecule has 2 aromatic heterocycles. The maximum absolute atomic E-state index is 5.08. The zero-order valence-corrected chi connectivity index (χ0v) is 16.1. The minimum absolute atomic E-state index is 0.755. The Morgan fingerprint density at radius 3 is 2.96 bits per heavy atom. The lowest BCUT2D eigenvalue weighted by Gasteiger charge is -2.16. The van der Waals surface area contributed by atoms with Gasteiger partial charge in [-0.05, 0) is 32.5 Å². The van der Waals surface area contributed by atoms with Crippen molar-refractivity contribution >= 4 is 11.6 Å². The van der Waals surface area contributed by atoms with Gasteiger partial charge in [-0.2, -0.15) is 0 Å². The van der Waals surface area contributed by atoms with Crippen molar-refractivity contribution in [2.75, 3.05) is 53.5 Å². The number of aromatic nitrogens is 3. The van der Waals surface area contributed by atoms with Crippen molar-refractivity contribution < 1.29 is 4.74 Å². The van der Waals surface area contributed by atoms with Gasteiger partial charge >= 0.3 is 0 Å². The zero-order chi connectivity index (χ0) is 18.6. The van der Waals surface area contributed by atoms with E-state index in [2.05, 4.69) is 44.7 Å². The van der Waals surface area contributed by atoms with E-state index in [1.54, 1.807) is 7.11 Å². The molecule has 0 fully saturated rings. The molecular weight excluding hydrogens is 330 g/mol. The number of likely N-dealkylation sites (N-methyl/N-ethyl adjacent to an activating group) is 1. The van der Waals surface area contributed by atoms with Gasteiger partial charge in [-0.1, -0.05) is 6.07 Å². The molecular formula is C18H31N7O. The lowest BCUT2D eigenvalue weighted by molar-refractivity contribution is 0.180. The maximum atomic E-state index is 5.08. The first-order valence-electron chi connectivity index (χ1n) is 9.23. The van der Waals surface area contributed by atoms with Gasteiger partial charge in [-0.25, -0.2) is 0 Å². The largest absolute Gasteiger partial charge is 0.385 e. The third kappa shape index (κ3) is 6.61. The van der Waals surface area contributed by atoms with Gasteiger partial charge in [-0.3, -0.25) is 9.39 Å². The number of ether oxygens (including phenoxy) is 1. The van der Waals surface area contributed by atoms with Crippen LogP contribution in [0.5, 0.6) is 0 Å². The highest BCUT2D eigenvalue weighted by Gasteiger charge is 2.05. The number of hydrogen-bond donors (Lipinski definition) is 2. The van der Waals surface area contributed by atoms with E-state index in [-0.39, 0.29) is 0 Å². The summed E-state index contributed by atoms with van der Waals surface area (Å²) in [6.07, 6.45) is 3.82. The van der Waals surface area contributed by atoms with Crippen LogP contribution in [0.25, 0.3) is 5.65 Å². The second-order valence-electron chi connectivity index (χ2n) is 6.13. The Balaban J connectivity index is 1.76. The Labute approximate surface area is 155 Å². The average Bonchev–Trinajstić information content (AvgIpc) is 3.05. The molecule has 0 unspecified atom stereocenters. The third-order valence-corrected chi connectivity index (χ3v) is 4.01. The summed E-state index contributed by atoms with van der Waals surface area (Å²) in [6, 6.07) is 5.91. The molecule has 0 saturated carbocycles. The predicted molar refractivity (Wildman–Crippen MR) is 105 cm³/mol. The molecule has 0 aromatic carbocycles. The first kappa shape index (κ1) is 20.1. The summed E-state index contributed by atoms with van der Waals surface area (Å²) < 4.78 is 7.10. The summed E-state index contributed by atoms with van der Waals surface area (Å²) in [7, 11) is 3.85. The van der Waals surface area contributed by atoms with Gasteiger partial charge in [0.15, 0.2) is 11.6 Å². The highest BCUT2D eigenvalue weighted by molar-refractivity contribution is 5.79. The van der Waals surface area contributed by atoms with Crippen molar-refractivity contribution in [1.82, 2.24) is 30.1 Å². The van der Waals surface area contributed by atoms with Crippen LogP contribution in [0.15, 0.2) is 29.4 Å². The summed E-state index contributed by atoms with van der Waals surface area (Å²) in [4.78, 5) is 6.91. The molecule has 0 radical (unpaired) electrons. The van der Waals surface area contributed by atoms with Crippen LogP contribution in [0.4, 0.5) is 0 Å². The number of aliphatic imine (C=N–C) groups is 1. The zero-order valence-electron chi connectivity index (χ0n) is 16.1. The fourth-order valence-electron chi connectivity index (χ4n) is 2.62. The minimum Gasteiger partial charge on any atom is -0.385 e. The van der Waals surface area contributed by atoms with Crippen LogP contribution in [0, 0.1) is 0 Å². The Kier molecular flexibility index (Phi) is 8.85. The van der Waals surface area contributed by atoms with Crippen molar-refractivity contribution in [2.45, 2.75) is 19.8 Å². The summed E-state index contributed by atoms with van der Waals surface area (Å²) in [6.45, 7) is 7.17. The predicted octanol–water partition coefficient (Wildman–Crippen LogP) is 0.795. The fourth-order valence-corrected chi connectivity index (χ4v) is 2.62. The molecule has 2 N–H and O–H groups in total. The molecule has 144 valence electrons. The monoisotopic (exact) mass is 361 g/mol. The van der Waals surface area contributed by atoms with Crippen LogP contribution < -0.4 is 10.6 Å². The lowest BCUT2D eigenvalue weighted by atomic mass is 10.4. The van der Waals surface area contributed by atoms with Gasteiger partial charge in [0.25, 0.3) is 0 Å². The topological polar surface area (TPSA) is 79.1 Å². The number of pyridine rings is 1. The third-order valence-electron chi connectivity index (χ3n) is 4.01. The smallest absolute Gasteiger partial charge is 0.191 e. The Morgan fingerprint density at radius 1 is 1.27 bits per heavy atom. The second-order valence-corrected chi connectivity index (χ2v) is 6.13. The molecule has 0 aliphatic carbocycles. The standard InChI is InChI=1S/C18H31N7O/c1-4-19-18(21-11-14-24(2)12-7-15-26-3)20-10-9-17-23-22-16-8-5-6-13-25(16)17/h5-6,8,13H,4,7,9-12,14-15H2,1-3H3,(H2,19,20,21). The second kappa shape index (κ2) is 11.4. The van der Waals surface area contributed by atoms with Gasteiger partial charge in [-0.15, -0.1) is 10.2 Å². The highest BCUT2D eigenvalue weighted by Crippen LogP contribution is 2.02. The molecule has 0 aliphatic rings. The van der Waals surface area contributed by atoms with Gasteiger partial charge < -0.3 is 20.3 Å². The van der Waals surface area contributed by atoms with E-state index in [1.165, 1.54) is 0 Å². The molecule has 26 heavy (non-hydrogen) atoms. The molecule has 0 amide bonds. The van der Waals surface area contributed by atoms with E-state index in [1.807, 2.05) is 28.8 Å². The number of nitrogens with zero attached hydrogens (tertiary/aromatic N) is 5. The van der Waals surface area contributed by atoms with E-state index in [4.69, 9.17) is 4.74 Å². The Morgan fingerprint density at radius 2 is 2.15 bits per heavy atom. The van der Waals surface area contributed by atoms with E-state index in [0.717, 1.165) is 69.6 Å². The number of guanidine groups is 1. The number of nitrogens with one attached hydrogen (secondary N) is 2. The van der Waals surface area contributed by atoms with Crippen LogP contribution in [0.3, 0.4) is 0 Å². The van der Waals surface area contributed by atoms with Crippen LogP contribution in [0.1, 0.15) is 19.2 Å². The molecule has 0 atom stereocenters. The molecule has 0 bridgehead atoms. The first-order valence-corrected chi connectivity index (χ1v) is 9.23. The Hall–Kier alpha value is -2.19. The average molecular weight is 361 g/mol. The van der Waals surface area contributed by atoms with Crippen molar-refractivity contribution in [2.24, 2.45) is 4.99 Å². The first-order chi connectivity index (χ1) is 12.7. The molecule has 0 saturated heterocycles. The number of fused-ring (bicyclic) bond motifs is 1. The van der Waals surface area contributed by atoms with E-state index in [0.29, 0.717) is 0 Å². The SMILES string of the molecule is CCNC(=NCCN(C)CCCOC)NCCc1nnc2ccccn12. The van der Waals surface area contributed by atoms with Crippen LogP contribution in [0.2, 0.25) is 0 Å². The number of rotatable bonds is 11. The number of hydrogen-bond acceptors (Lipinski definition) is 5. The Bertz CT molecular complexity index is 670. The lowest BCUT2D eigenvalue weighted by Crippen LogP contribution is -2.39. The maximum Gasteiger partial charge on any atom is 0.191 e. The van der Waals surface area contributed by atoms with Gasteiger partial charge in [0, 0.05) is 52.5 Å². The minimum atomic E-state index is 0.755. The van der Waals surface area contributed by atoms with Gasteiger partial charge in [0.05, 0.1) is 6.54 Å². The van der Waals surface area contributed by atoms with Crippen LogP contribution >= 0.6 is 0 Å². The summed E-state index contributed by atoms with van der Waals surface area (Å²) in [5.41, 5.74) is 0.875. The van der Waals surface area contributed by atoms with Crippen LogP contribution in [-0.4, -0.2) is 78.9 Å². The number of methoxy groups -OCH3 is 1.